The molecule has 2 aromatic rings. The molecule has 9 nitrogen and oxygen atoms in total. The number of hydrazine groups is 1. The van der Waals surface area contributed by atoms with Gasteiger partial charge in [0.05, 0.1) is 18.0 Å². The molecule has 36 heavy (non-hydrogen) atoms. The van der Waals surface area contributed by atoms with Crippen LogP contribution in [0, 0.1) is 0 Å². The second kappa shape index (κ2) is 13.6. The van der Waals surface area contributed by atoms with Gasteiger partial charge in [-0.2, -0.15) is 13.2 Å². The molecule has 2 rings (SSSR count). The lowest BCUT2D eigenvalue weighted by atomic mass is 10.0. The first-order valence-corrected chi connectivity index (χ1v) is 11.3. The van der Waals surface area contributed by atoms with Gasteiger partial charge in [-0.25, -0.2) is 0 Å². The van der Waals surface area contributed by atoms with Crippen molar-refractivity contribution in [3.8, 4) is 0 Å². The third kappa shape index (κ3) is 9.64. The van der Waals surface area contributed by atoms with Crippen LogP contribution in [0.2, 0.25) is 0 Å². The Kier molecular flexibility index (Phi) is 10.8. The van der Waals surface area contributed by atoms with E-state index in [1.807, 2.05) is 30.3 Å². The van der Waals surface area contributed by atoms with Crippen LogP contribution in [-0.4, -0.2) is 42.4 Å². The summed E-state index contributed by atoms with van der Waals surface area (Å²) in [4.78, 5) is 37.7. The Labute approximate surface area is 207 Å². The molecule has 1 unspecified atom stereocenters. The molecule has 0 aliphatic carbocycles. The molecule has 0 radical (unpaired) electrons. The van der Waals surface area contributed by atoms with Crippen molar-refractivity contribution in [2.75, 3.05) is 11.9 Å². The van der Waals surface area contributed by atoms with Crippen LogP contribution >= 0.6 is 0 Å². The van der Waals surface area contributed by atoms with Crippen LogP contribution in [0.25, 0.3) is 0 Å². The number of alkyl halides is 3. The minimum atomic E-state index is -4.58. The number of nitrogens with two attached hydrogens (primary N) is 2. The maximum atomic E-state index is 13.0. The number of anilines is 1. The maximum absolute atomic E-state index is 13.0. The highest BCUT2D eigenvalue weighted by Gasteiger charge is 2.31. The molecule has 0 aliphatic heterocycles. The van der Waals surface area contributed by atoms with Crippen LogP contribution in [-0.2, 0) is 27.0 Å². The number of nitrogens with one attached hydrogen (secondary N) is 4. The van der Waals surface area contributed by atoms with Crippen molar-refractivity contribution in [1.82, 2.24) is 16.1 Å². The van der Waals surface area contributed by atoms with Gasteiger partial charge in [0.1, 0.15) is 6.04 Å². The summed E-state index contributed by atoms with van der Waals surface area (Å²) in [7, 11) is 0. The summed E-state index contributed by atoms with van der Waals surface area (Å²) in [5, 5.41) is 7.58. The highest BCUT2D eigenvalue weighted by molar-refractivity contribution is 5.98. The van der Waals surface area contributed by atoms with Crippen molar-refractivity contribution in [3.63, 3.8) is 0 Å². The smallest absolute Gasteiger partial charge is 0.352 e. The molecular formula is C24H31F3N6O3. The van der Waals surface area contributed by atoms with Gasteiger partial charge in [0.2, 0.25) is 17.7 Å². The van der Waals surface area contributed by atoms with Gasteiger partial charge in [0.15, 0.2) is 0 Å². The van der Waals surface area contributed by atoms with Crippen LogP contribution < -0.4 is 33.0 Å². The van der Waals surface area contributed by atoms with Gasteiger partial charge in [-0.1, -0.05) is 36.4 Å². The molecule has 0 aliphatic rings. The van der Waals surface area contributed by atoms with Gasteiger partial charge in [-0.3, -0.25) is 25.7 Å². The zero-order chi connectivity index (χ0) is 26.7. The number of hydrogen-bond acceptors (Lipinski definition) is 6. The molecule has 12 heteroatoms. The fraction of sp³-hybridized carbons (Fsp3) is 0.375. The highest BCUT2D eigenvalue weighted by Crippen LogP contribution is 2.30. The average molecular weight is 509 g/mol. The molecule has 0 spiro atoms. The predicted molar refractivity (Wildman–Crippen MR) is 129 cm³/mol. The van der Waals surface area contributed by atoms with Gasteiger partial charge in [0.25, 0.3) is 0 Å². The minimum absolute atomic E-state index is 0.0695. The van der Waals surface area contributed by atoms with Crippen molar-refractivity contribution in [2.24, 2.45) is 11.6 Å². The SMILES string of the molecule is CC(CNN)NC(=O)C[C@H](N)C(=O)N[C@@H](CCc1ccccc1)C(=O)Nc1cccc(C(F)(F)F)c1. The normalized spacial score (nSPS) is 13.8. The molecular weight excluding hydrogens is 477 g/mol. The van der Waals surface area contributed by atoms with Crippen molar-refractivity contribution in [1.29, 1.82) is 0 Å². The maximum Gasteiger partial charge on any atom is 0.416 e. The molecule has 0 saturated carbocycles. The summed E-state index contributed by atoms with van der Waals surface area (Å²) >= 11 is 0. The fourth-order valence-corrected chi connectivity index (χ4v) is 3.36. The quantitative estimate of drug-likeness (QED) is 0.189. The highest BCUT2D eigenvalue weighted by atomic mass is 19.4. The first-order chi connectivity index (χ1) is 17.0. The van der Waals surface area contributed by atoms with E-state index in [1.165, 1.54) is 12.1 Å². The first-order valence-electron chi connectivity index (χ1n) is 11.3. The molecule has 0 bridgehead atoms. The monoisotopic (exact) mass is 508 g/mol. The topological polar surface area (TPSA) is 151 Å². The van der Waals surface area contributed by atoms with Gasteiger partial charge in [-0.15, -0.1) is 0 Å². The lowest BCUT2D eigenvalue weighted by Gasteiger charge is -2.21. The molecule has 196 valence electrons. The Bertz CT molecular complexity index is 1020. The second-order valence-electron chi connectivity index (χ2n) is 8.34. The van der Waals surface area contributed by atoms with E-state index in [2.05, 4.69) is 21.4 Å². The summed E-state index contributed by atoms with van der Waals surface area (Å²) in [6.45, 7) is 2.02. The largest absolute Gasteiger partial charge is 0.416 e. The lowest BCUT2D eigenvalue weighted by molar-refractivity contribution is -0.137. The van der Waals surface area contributed by atoms with Crippen molar-refractivity contribution >= 4 is 23.4 Å². The van der Waals surface area contributed by atoms with Crippen molar-refractivity contribution < 1.29 is 27.6 Å². The molecule has 0 fully saturated rings. The Hall–Kier alpha value is -3.48. The van der Waals surface area contributed by atoms with E-state index >= 15 is 0 Å². The number of halogens is 3. The molecule has 0 heterocycles. The molecule has 8 N–H and O–H groups in total. The number of carbonyl (C=O) groups excluding carboxylic acids is 3. The van der Waals surface area contributed by atoms with E-state index in [-0.39, 0.29) is 24.6 Å². The summed E-state index contributed by atoms with van der Waals surface area (Å²) in [6, 6.07) is 10.7. The Balaban J connectivity index is 2.09. The van der Waals surface area contributed by atoms with Crippen LogP contribution in [0.15, 0.2) is 54.6 Å². The number of benzene rings is 2. The van der Waals surface area contributed by atoms with Gasteiger partial charge in [0, 0.05) is 18.3 Å². The van der Waals surface area contributed by atoms with Crippen LogP contribution in [0.1, 0.15) is 30.9 Å². The summed E-state index contributed by atoms with van der Waals surface area (Å²) in [6.07, 6.45) is -4.35. The molecule has 2 aromatic carbocycles. The van der Waals surface area contributed by atoms with Crippen molar-refractivity contribution in [2.45, 2.75) is 50.5 Å². The van der Waals surface area contributed by atoms with E-state index in [0.29, 0.717) is 13.0 Å². The van der Waals surface area contributed by atoms with E-state index in [4.69, 9.17) is 11.6 Å². The average Bonchev–Trinajstić information content (AvgIpc) is 2.81. The molecule has 3 amide bonds. The lowest BCUT2D eigenvalue weighted by Crippen LogP contribution is -2.52. The summed E-state index contributed by atoms with van der Waals surface area (Å²) in [5.74, 6) is 3.28. The second-order valence-corrected chi connectivity index (χ2v) is 8.34. The number of hydrogen-bond donors (Lipinski definition) is 6. The Morgan fingerprint density at radius 1 is 0.972 bits per heavy atom. The summed E-state index contributed by atoms with van der Waals surface area (Å²) in [5.41, 5.74) is 8.20. The van der Waals surface area contributed by atoms with Crippen LogP contribution in [0.4, 0.5) is 18.9 Å². The van der Waals surface area contributed by atoms with Gasteiger partial charge < -0.3 is 21.7 Å². The van der Waals surface area contributed by atoms with Crippen LogP contribution in [0.3, 0.4) is 0 Å². The van der Waals surface area contributed by atoms with Gasteiger partial charge in [-0.05, 0) is 43.5 Å². The standard InChI is InChI=1S/C24H31F3N6O3/c1-15(14-30-29)31-21(34)13-19(28)22(35)33-20(11-10-16-6-3-2-4-7-16)23(36)32-18-9-5-8-17(12-18)24(25,26)27/h2-9,12,15,19-20,30H,10-11,13-14,28-29H2,1H3,(H,31,34)(H,32,36)(H,33,35)/t15?,19-,20-/m0/s1. The zero-order valence-corrected chi connectivity index (χ0v) is 19.8. The summed E-state index contributed by atoms with van der Waals surface area (Å²) < 4.78 is 39.1. The number of rotatable bonds is 12. The first kappa shape index (κ1) is 28.8. The zero-order valence-electron chi connectivity index (χ0n) is 19.8. The van der Waals surface area contributed by atoms with E-state index < -0.39 is 41.5 Å². The molecule has 0 saturated heterocycles. The number of carbonyl (C=O) groups is 3. The predicted octanol–water partition coefficient (Wildman–Crippen LogP) is 1.45. The number of aryl methyl sites for hydroxylation is 1. The van der Waals surface area contributed by atoms with E-state index in [1.54, 1.807) is 6.92 Å². The third-order valence-corrected chi connectivity index (χ3v) is 5.23. The van der Waals surface area contributed by atoms with E-state index in [0.717, 1.165) is 17.7 Å². The van der Waals surface area contributed by atoms with E-state index in [9.17, 15) is 27.6 Å². The van der Waals surface area contributed by atoms with Gasteiger partial charge >= 0.3 is 6.18 Å². The number of amides is 3. The third-order valence-electron chi connectivity index (χ3n) is 5.23. The van der Waals surface area contributed by atoms with Crippen LogP contribution in [0.5, 0.6) is 0 Å². The molecule has 0 aromatic heterocycles. The van der Waals surface area contributed by atoms with Crippen molar-refractivity contribution in [3.05, 3.63) is 65.7 Å². The Morgan fingerprint density at radius 3 is 2.31 bits per heavy atom. The fourth-order valence-electron chi connectivity index (χ4n) is 3.36. The Morgan fingerprint density at radius 2 is 1.67 bits per heavy atom. The molecule has 3 atom stereocenters. The minimum Gasteiger partial charge on any atom is -0.352 e.